The van der Waals surface area contributed by atoms with Crippen LogP contribution in [0.25, 0.3) is 0 Å². The molecule has 182 valence electrons. The van der Waals surface area contributed by atoms with Gasteiger partial charge in [-0.15, -0.1) is 11.6 Å². The van der Waals surface area contributed by atoms with Gasteiger partial charge < -0.3 is 14.4 Å². The van der Waals surface area contributed by atoms with Crippen LogP contribution in [-0.4, -0.2) is 49.7 Å². The Balaban J connectivity index is 1.96. The summed E-state index contributed by atoms with van der Waals surface area (Å²) < 4.78 is 11.6. The number of alkyl halides is 1. The summed E-state index contributed by atoms with van der Waals surface area (Å²) in [6.07, 6.45) is 2.96. The molecule has 0 N–H and O–H groups in total. The number of rotatable bonds is 16. The third kappa shape index (κ3) is 8.63. The van der Waals surface area contributed by atoms with Crippen molar-refractivity contribution in [2.45, 2.75) is 58.4 Å². The maximum absolute atomic E-state index is 11.3. The Morgan fingerprint density at radius 2 is 1.42 bits per heavy atom. The topological polar surface area (TPSA) is 51.1 Å². The first-order valence-corrected chi connectivity index (χ1v) is 12.6. The van der Waals surface area contributed by atoms with E-state index in [0.29, 0.717) is 25.6 Å². The molecule has 1 atom stereocenters. The molecule has 0 aromatic heterocycles. The molecule has 0 aliphatic carbocycles. The van der Waals surface area contributed by atoms with Gasteiger partial charge >= 0.3 is 0 Å². The van der Waals surface area contributed by atoms with Crippen molar-refractivity contribution >= 4 is 11.6 Å². The molecule has 0 bridgehead atoms. The summed E-state index contributed by atoms with van der Waals surface area (Å²) >= 11 is 5.71. The van der Waals surface area contributed by atoms with E-state index in [9.17, 15) is 4.91 Å². The molecule has 0 spiro atoms. The SMILES string of the molecule is CCCN(CCC)CC(COc1ccc(C(C)(C)c2ccc(OCCCCl)cc2)cc1)N=O. The van der Waals surface area contributed by atoms with E-state index in [1.165, 1.54) is 11.1 Å². The van der Waals surface area contributed by atoms with Crippen LogP contribution in [0, 0.1) is 4.91 Å². The van der Waals surface area contributed by atoms with Gasteiger partial charge in [0.1, 0.15) is 24.1 Å². The second-order valence-corrected chi connectivity index (χ2v) is 9.31. The van der Waals surface area contributed by atoms with Gasteiger partial charge in [-0.1, -0.05) is 57.1 Å². The van der Waals surface area contributed by atoms with Gasteiger partial charge in [0.25, 0.3) is 0 Å². The van der Waals surface area contributed by atoms with Gasteiger partial charge in [0.15, 0.2) is 0 Å². The van der Waals surface area contributed by atoms with E-state index in [4.69, 9.17) is 21.1 Å². The number of halogens is 1. The van der Waals surface area contributed by atoms with Crippen molar-refractivity contribution in [3.8, 4) is 11.5 Å². The van der Waals surface area contributed by atoms with Crippen LogP contribution < -0.4 is 9.47 Å². The minimum absolute atomic E-state index is 0.166. The molecule has 0 radical (unpaired) electrons. The fourth-order valence-electron chi connectivity index (χ4n) is 3.88. The average molecular weight is 475 g/mol. The molecule has 2 rings (SSSR count). The van der Waals surface area contributed by atoms with Gasteiger partial charge in [-0.3, -0.25) is 0 Å². The molecule has 0 aliphatic heterocycles. The predicted molar refractivity (Wildman–Crippen MR) is 138 cm³/mol. The molecular formula is C27H39ClN2O3. The lowest BCUT2D eigenvalue weighted by Gasteiger charge is -2.27. The summed E-state index contributed by atoms with van der Waals surface area (Å²) in [6.45, 7) is 12.2. The Kier molecular flexibility index (Phi) is 11.7. The van der Waals surface area contributed by atoms with Crippen molar-refractivity contribution in [2.24, 2.45) is 5.18 Å². The van der Waals surface area contributed by atoms with Crippen LogP contribution in [0.1, 0.15) is 58.1 Å². The summed E-state index contributed by atoms with van der Waals surface area (Å²) in [7, 11) is 0. The molecule has 0 heterocycles. The van der Waals surface area contributed by atoms with Crippen LogP contribution >= 0.6 is 11.6 Å². The van der Waals surface area contributed by atoms with Gasteiger partial charge in [-0.2, -0.15) is 4.91 Å². The Hall–Kier alpha value is -2.11. The fraction of sp³-hybridized carbons (Fsp3) is 0.556. The standard InChI is InChI=1S/C27H39ClN2O3/c1-5-17-30(18-6-2)20-24(29-31)21-33-26-14-10-23(11-15-26)27(3,4)22-8-12-25(13-9-22)32-19-7-16-28/h8-15,24H,5-7,16-21H2,1-4H3. The monoisotopic (exact) mass is 474 g/mol. The molecule has 0 saturated heterocycles. The van der Waals surface area contributed by atoms with E-state index < -0.39 is 0 Å². The molecule has 1 unspecified atom stereocenters. The van der Waals surface area contributed by atoms with Gasteiger partial charge in [0.2, 0.25) is 0 Å². The van der Waals surface area contributed by atoms with Gasteiger partial charge in [0.05, 0.1) is 6.61 Å². The zero-order valence-electron chi connectivity index (χ0n) is 20.6. The van der Waals surface area contributed by atoms with Crippen molar-refractivity contribution < 1.29 is 9.47 Å². The molecule has 0 saturated carbocycles. The van der Waals surface area contributed by atoms with Gasteiger partial charge in [0, 0.05) is 17.8 Å². The van der Waals surface area contributed by atoms with Crippen molar-refractivity contribution in [1.29, 1.82) is 0 Å². The van der Waals surface area contributed by atoms with E-state index >= 15 is 0 Å². The first-order valence-electron chi connectivity index (χ1n) is 12.0. The van der Waals surface area contributed by atoms with Crippen LogP contribution in [0.15, 0.2) is 53.7 Å². The zero-order valence-corrected chi connectivity index (χ0v) is 21.3. The lowest BCUT2D eigenvalue weighted by atomic mass is 9.78. The molecule has 0 aliphatic rings. The molecule has 2 aromatic rings. The Bertz CT molecular complexity index is 803. The Morgan fingerprint density at radius 1 is 0.909 bits per heavy atom. The maximum Gasteiger partial charge on any atom is 0.138 e. The summed E-state index contributed by atoms with van der Waals surface area (Å²) in [5, 5.41) is 3.30. The smallest absolute Gasteiger partial charge is 0.138 e. The third-order valence-corrected chi connectivity index (χ3v) is 6.11. The Morgan fingerprint density at radius 3 is 1.88 bits per heavy atom. The Labute approximate surface area is 204 Å². The molecule has 2 aromatic carbocycles. The highest BCUT2D eigenvalue weighted by atomic mass is 35.5. The second-order valence-electron chi connectivity index (χ2n) is 8.94. The zero-order chi connectivity index (χ0) is 24.1. The van der Waals surface area contributed by atoms with E-state index in [-0.39, 0.29) is 11.5 Å². The fourth-order valence-corrected chi connectivity index (χ4v) is 3.99. The third-order valence-electron chi connectivity index (χ3n) is 5.84. The van der Waals surface area contributed by atoms with Gasteiger partial charge in [-0.25, -0.2) is 0 Å². The number of hydrogen-bond donors (Lipinski definition) is 0. The molecule has 33 heavy (non-hydrogen) atoms. The summed E-state index contributed by atoms with van der Waals surface area (Å²) in [5.74, 6) is 2.22. The van der Waals surface area contributed by atoms with E-state index in [0.717, 1.165) is 43.9 Å². The highest BCUT2D eigenvalue weighted by Gasteiger charge is 2.23. The van der Waals surface area contributed by atoms with Crippen molar-refractivity contribution in [2.75, 3.05) is 38.7 Å². The first kappa shape index (κ1) is 27.1. The van der Waals surface area contributed by atoms with Crippen molar-refractivity contribution in [3.05, 3.63) is 64.6 Å². The lowest BCUT2D eigenvalue weighted by molar-refractivity contribution is 0.212. The summed E-state index contributed by atoms with van der Waals surface area (Å²) in [5.41, 5.74) is 2.23. The van der Waals surface area contributed by atoms with Crippen molar-refractivity contribution in [3.63, 3.8) is 0 Å². The number of benzene rings is 2. The van der Waals surface area contributed by atoms with Gasteiger partial charge in [-0.05, 0) is 67.7 Å². The van der Waals surface area contributed by atoms with Crippen LogP contribution in [0.2, 0.25) is 0 Å². The van der Waals surface area contributed by atoms with E-state index in [1.54, 1.807) is 0 Å². The molecule has 6 heteroatoms. The van der Waals surface area contributed by atoms with Crippen LogP contribution in [0.5, 0.6) is 11.5 Å². The number of nitrogens with zero attached hydrogens (tertiary/aromatic N) is 2. The summed E-state index contributed by atoms with van der Waals surface area (Å²) in [6, 6.07) is 16.0. The molecule has 0 amide bonds. The molecular weight excluding hydrogens is 436 g/mol. The minimum atomic E-state index is -0.371. The average Bonchev–Trinajstić information content (AvgIpc) is 2.82. The lowest BCUT2D eigenvalue weighted by Crippen LogP contribution is -2.35. The van der Waals surface area contributed by atoms with Crippen LogP contribution in [-0.2, 0) is 5.41 Å². The predicted octanol–water partition coefficient (Wildman–Crippen LogP) is 6.66. The quantitative estimate of drug-likeness (QED) is 0.155. The maximum atomic E-state index is 11.3. The van der Waals surface area contributed by atoms with E-state index in [1.807, 2.05) is 24.3 Å². The van der Waals surface area contributed by atoms with Crippen molar-refractivity contribution in [1.82, 2.24) is 4.90 Å². The molecule has 5 nitrogen and oxygen atoms in total. The first-order chi connectivity index (χ1) is 15.9. The molecule has 0 fully saturated rings. The minimum Gasteiger partial charge on any atom is -0.494 e. The number of ether oxygens (including phenoxy) is 2. The largest absolute Gasteiger partial charge is 0.494 e. The van der Waals surface area contributed by atoms with Crippen LogP contribution in [0.3, 0.4) is 0 Å². The second kappa shape index (κ2) is 14.2. The van der Waals surface area contributed by atoms with Crippen LogP contribution in [0.4, 0.5) is 0 Å². The highest BCUT2D eigenvalue weighted by molar-refractivity contribution is 6.17. The highest BCUT2D eigenvalue weighted by Crippen LogP contribution is 2.33. The number of nitroso groups, excluding NO2 is 1. The normalized spacial score (nSPS) is 12.5. The summed E-state index contributed by atoms with van der Waals surface area (Å²) in [4.78, 5) is 13.6. The number of hydrogen-bond acceptors (Lipinski definition) is 5. The van der Waals surface area contributed by atoms with E-state index in [2.05, 4.69) is 62.0 Å².